The Morgan fingerprint density at radius 3 is 2.83 bits per heavy atom. The van der Waals surface area contributed by atoms with Gasteiger partial charge in [-0.25, -0.2) is 9.78 Å². The van der Waals surface area contributed by atoms with Crippen LogP contribution >= 0.6 is 15.9 Å². The predicted octanol–water partition coefficient (Wildman–Crippen LogP) is 4.15. The maximum Gasteiger partial charge on any atom is 0.410 e. The monoisotopic (exact) mass is 384 g/mol. The first-order valence-electron chi connectivity index (χ1n) is 8.03. The minimum absolute atomic E-state index is 0.0852. The van der Waals surface area contributed by atoms with Crippen LogP contribution in [0.1, 0.15) is 45.6 Å². The van der Waals surface area contributed by atoms with Crippen LogP contribution in [0.25, 0.3) is 0 Å². The number of amides is 1. The topological polar surface area (TPSA) is 51.7 Å². The number of hydrogen-bond donors (Lipinski definition) is 0. The second-order valence-corrected chi connectivity index (χ2v) is 7.64. The van der Waals surface area contributed by atoms with Crippen molar-refractivity contribution in [3.05, 3.63) is 28.5 Å². The van der Waals surface area contributed by atoms with Crippen molar-refractivity contribution in [3.63, 3.8) is 0 Å². The summed E-state index contributed by atoms with van der Waals surface area (Å²) in [4.78, 5) is 18.3. The summed E-state index contributed by atoms with van der Waals surface area (Å²) in [6.45, 7) is 7.43. The Labute approximate surface area is 146 Å². The highest BCUT2D eigenvalue weighted by molar-refractivity contribution is 9.10. The first-order valence-corrected chi connectivity index (χ1v) is 8.82. The average molecular weight is 385 g/mol. The lowest BCUT2D eigenvalue weighted by atomic mass is 10.0. The van der Waals surface area contributed by atoms with Gasteiger partial charge in [-0.1, -0.05) is 6.07 Å². The number of halogens is 1. The molecule has 2 rings (SSSR count). The molecule has 1 saturated heterocycles. The van der Waals surface area contributed by atoms with Gasteiger partial charge in [0.1, 0.15) is 10.2 Å². The van der Waals surface area contributed by atoms with Crippen molar-refractivity contribution >= 4 is 22.0 Å². The molecule has 1 unspecified atom stereocenters. The molecule has 1 aliphatic heterocycles. The Kier molecular flexibility index (Phi) is 6.41. The third kappa shape index (κ3) is 6.11. The first-order chi connectivity index (χ1) is 10.8. The number of aromatic nitrogens is 1. The van der Waals surface area contributed by atoms with Crippen LogP contribution in [0.15, 0.2) is 22.9 Å². The zero-order valence-corrected chi connectivity index (χ0v) is 15.6. The lowest BCUT2D eigenvalue weighted by Gasteiger charge is -2.36. The Balaban J connectivity index is 1.86. The fraction of sp³-hybridized carbons (Fsp3) is 0.647. The molecule has 1 atom stereocenters. The van der Waals surface area contributed by atoms with Gasteiger partial charge < -0.3 is 14.4 Å². The summed E-state index contributed by atoms with van der Waals surface area (Å²) in [5, 5.41) is 0. The number of likely N-dealkylation sites (tertiary alicyclic amines) is 1. The lowest BCUT2D eigenvalue weighted by Crippen LogP contribution is -2.48. The van der Waals surface area contributed by atoms with Crippen molar-refractivity contribution in [3.8, 4) is 0 Å². The van der Waals surface area contributed by atoms with E-state index >= 15 is 0 Å². The number of carbonyl (C=O) groups excluding carboxylic acids is 1. The maximum atomic E-state index is 12.3. The smallest absolute Gasteiger partial charge is 0.410 e. The molecule has 5 nitrogen and oxygen atoms in total. The summed E-state index contributed by atoms with van der Waals surface area (Å²) in [6, 6.07) is 3.96. The molecule has 0 saturated carbocycles. The summed E-state index contributed by atoms with van der Waals surface area (Å²) in [6.07, 6.45) is 4.64. The van der Waals surface area contributed by atoms with Crippen LogP contribution in [-0.2, 0) is 16.1 Å². The van der Waals surface area contributed by atoms with Gasteiger partial charge in [-0.2, -0.15) is 0 Å². The minimum atomic E-state index is -0.469. The van der Waals surface area contributed by atoms with E-state index in [0.717, 1.165) is 36.0 Å². The van der Waals surface area contributed by atoms with Crippen LogP contribution in [0.5, 0.6) is 0 Å². The van der Waals surface area contributed by atoms with Gasteiger partial charge in [0.15, 0.2) is 0 Å². The van der Waals surface area contributed by atoms with E-state index in [2.05, 4.69) is 20.9 Å². The second kappa shape index (κ2) is 8.11. The molecule has 0 radical (unpaired) electrons. The van der Waals surface area contributed by atoms with Crippen LogP contribution in [0.4, 0.5) is 4.79 Å². The van der Waals surface area contributed by atoms with Gasteiger partial charge in [-0.15, -0.1) is 0 Å². The van der Waals surface area contributed by atoms with Gasteiger partial charge in [-0.3, -0.25) is 0 Å². The highest BCUT2D eigenvalue weighted by atomic mass is 79.9. The largest absolute Gasteiger partial charge is 0.444 e. The molecular weight excluding hydrogens is 360 g/mol. The minimum Gasteiger partial charge on any atom is -0.444 e. The van der Waals surface area contributed by atoms with Crippen molar-refractivity contribution in [1.82, 2.24) is 9.88 Å². The van der Waals surface area contributed by atoms with Gasteiger partial charge in [0.05, 0.1) is 19.3 Å². The molecule has 6 heteroatoms. The molecule has 1 aliphatic rings. The maximum absolute atomic E-state index is 12.3. The molecule has 1 aromatic rings. The Morgan fingerprint density at radius 2 is 2.17 bits per heavy atom. The number of piperidine rings is 1. The highest BCUT2D eigenvalue weighted by Gasteiger charge is 2.30. The van der Waals surface area contributed by atoms with E-state index in [1.807, 2.05) is 37.8 Å². The molecule has 128 valence electrons. The predicted molar refractivity (Wildman–Crippen MR) is 92.2 cm³/mol. The van der Waals surface area contributed by atoms with E-state index in [-0.39, 0.29) is 12.1 Å². The van der Waals surface area contributed by atoms with Crippen LogP contribution in [-0.4, -0.2) is 40.8 Å². The molecule has 1 aromatic heterocycles. The standard InChI is InChI=1S/C17H25BrN2O3/c1-17(2,3)23-16(21)20-9-5-4-6-14(20)12-22-11-13-7-8-15(18)19-10-13/h7-8,10,14H,4-6,9,11-12H2,1-3H3. The van der Waals surface area contributed by atoms with Gasteiger partial charge in [0.25, 0.3) is 0 Å². The van der Waals surface area contributed by atoms with Crippen LogP contribution in [0.3, 0.4) is 0 Å². The molecule has 1 fully saturated rings. The quantitative estimate of drug-likeness (QED) is 0.731. The summed E-state index contributed by atoms with van der Waals surface area (Å²) < 4.78 is 12.1. The third-order valence-electron chi connectivity index (χ3n) is 3.62. The van der Waals surface area contributed by atoms with Crippen molar-refractivity contribution in [1.29, 1.82) is 0 Å². The Morgan fingerprint density at radius 1 is 1.39 bits per heavy atom. The van der Waals surface area contributed by atoms with E-state index < -0.39 is 5.60 Å². The zero-order valence-electron chi connectivity index (χ0n) is 14.0. The fourth-order valence-electron chi connectivity index (χ4n) is 2.54. The number of pyridine rings is 1. The average Bonchev–Trinajstić information content (AvgIpc) is 2.48. The van der Waals surface area contributed by atoms with E-state index in [0.29, 0.717) is 13.2 Å². The van der Waals surface area contributed by atoms with Crippen molar-refractivity contribution in [2.24, 2.45) is 0 Å². The van der Waals surface area contributed by atoms with Gasteiger partial charge >= 0.3 is 6.09 Å². The molecule has 0 aromatic carbocycles. The van der Waals surface area contributed by atoms with E-state index in [9.17, 15) is 4.79 Å². The first kappa shape index (κ1) is 18.2. The van der Waals surface area contributed by atoms with E-state index in [4.69, 9.17) is 9.47 Å². The van der Waals surface area contributed by atoms with Crippen molar-refractivity contribution < 1.29 is 14.3 Å². The zero-order chi connectivity index (χ0) is 16.9. The normalized spacial score (nSPS) is 18.8. The van der Waals surface area contributed by atoms with Crippen molar-refractivity contribution in [2.45, 2.75) is 58.3 Å². The highest BCUT2D eigenvalue weighted by Crippen LogP contribution is 2.21. The summed E-state index contributed by atoms with van der Waals surface area (Å²) >= 11 is 3.31. The number of nitrogens with zero attached hydrogens (tertiary/aromatic N) is 2. The number of hydrogen-bond acceptors (Lipinski definition) is 4. The van der Waals surface area contributed by atoms with E-state index in [1.54, 1.807) is 6.20 Å². The Bertz CT molecular complexity index is 514. The number of carbonyl (C=O) groups is 1. The van der Waals surface area contributed by atoms with Gasteiger partial charge in [0, 0.05) is 12.7 Å². The third-order valence-corrected chi connectivity index (χ3v) is 4.09. The second-order valence-electron chi connectivity index (χ2n) is 6.83. The molecule has 0 N–H and O–H groups in total. The van der Waals surface area contributed by atoms with Crippen LogP contribution in [0.2, 0.25) is 0 Å². The molecule has 23 heavy (non-hydrogen) atoms. The van der Waals surface area contributed by atoms with Gasteiger partial charge in [-0.05, 0) is 67.6 Å². The lowest BCUT2D eigenvalue weighted by molar-refractivity contribution is -0.00999. The number of ether oxygens (including phenoxy) is 2. The molecule has 1 amide bonds. The molecule has 0 bridgehead atoms. The van der Waals surface area contributed by atoms with E-state index in [1.165, 1.54) is 0 Å². The number of rotatable bonds is 4. The van der Waals surface area contributed by atoms with Crippen LogP contribution in [0, 0.1) is 0 Å². The summed E-state index contributed by atoms with van der Waals surface area (Å²) in [5.74, 6) is 0. The summed E-state index contributed by atoms with van der Waals surface area (Å²) in [5.41, 5.74) is 0.552. The molecule has 0 spiro atoms. The van der Waals surface area contributed by atoms with Crippen molar-refractivity contribution in [2.75, 3.05) is 13.2 Å². The summed E-state index contributed by atoms with van der Waals surface area (Å²) in [7, 11) is 0. The van der Waals surface area contributed by atoms with Gasteiger partial charge in [0.2, 0.25) is 0 Å². The molecular formula is C17H25BrN2O3. The SMILES string of the molecule is CC(C)(C)OC(=O)N1CCCCC1COCc1ccc(Br)nc1. The van der Waals surface area contributed by atoms with Crippen LogP contribution < -0.4 is 0 Å². The molecule has 0 aliphatic carbocycles. The Hall–Kier alpha value is -1.14. The molecule has 2 heterocycles. The fourth-order valence-corrected chi connectivity index (χ4v) is 2.77.